The predicted molar refractivity (Wildman–Crippen MR) is 78.9 cm³/mol. The van der Waals surface area contributed by atoms with Crippen LogP contribution in [0.2, 0.25) is 0 Å². The fourth-order valence-corrected chi connectivity index (χ4v) is 2.28. The van der Waals surface area contributed by atoms with E-state index >= 15 is 0 Å². The number of carbonyl (C=O) groups is 1. The third kappa shape index (κ3) is 4.55. The zero-order valence-electron chi connectivity index (χ0n) is 11.4. The molecule has 8 heteroatoms. The van der Waals surface area contributed by atoms with E-state index in [9.17, 15) is 13.2 Å². The van der Waals surface area contributed by atoms with Crippen LogP contribution in [-0.2, 0) is 14.8 Å². The van der Waals surface area contributed by atoms with E-state index in [0.717, 1.165) is 0 Å². The van der Waals surface area contributed by atoms with Gasteiger partial charge in [-0.3, -0.25) is 4.79 Å². The maximum Gasteiger partial charge on any atom is 0.252 e. The average molecular weight is 365 g/mol. The van der Waals surface area contributed by atoms with Crippen LogP contribution in [0.15, 0.2) is 27.6 Å². The number of rotatable bonds is 5. The van der Waals surface area contributed by atoms with E-state index in [0.29, 0.717) is 4.47 Å². The summed E-state index contributed by atoms with van der Waals surface area (Å²) in [5, 5.41) is 7.73. The molecule has 1 amide bonds. The molecule has 0 aliphatic rings. The van der Waals surface area contributed by atoms with E-state index in [2.05, 4.69) is 21.2 Å². The number of hydrogen-bond acceptors (Lipinski definition) is 4. The van der Waals surface area contributed by atoms with Gasteiger partial charge in [0, 0.05) is 18.1 Å². The summed E-state index contributed by atoms with van der Waals surface area (Å²) < 4.78 is 28.3. The van der Waals surface area contributed by atoms with Crippen LogP contribution in [0.25, 0.3) is 0 Å². The lowest BCUT2D eigenvalue weighted by Gasteiger charge is -2.23. The first-order chi connectivity index (χ1) is 9.07. The Bertz CT molecular complexity index is 614. The monoisotopic (exact) mass is 364 g/mol. The first-order valence-corrected chi connectivity index (χ1v) is 8.06. The fourth-order valence-electron chi connectivity index (χ4n) is 1.32. The Balaban J connectivity index is 2.99. The molecule has 6 nitrogen and oxygen atoms in total. The summed E-state index contributed by atoms with van der Waals surface area (Å²) in [6, 6.07) is 4.03. The summed E-state index contributed by atoms with van der Waals surface area (Å²) in [5.41, 5.74) is -0.317. The molecule has 0 saturated carbocycles. The second-order valence-electron chi connectivity index (χ2n) is 4.83. The first kappa shape index (κ1) is 17.1. The average Bonchev–Trinajstić information content (AvgIpc) is 2.35. The Labute approximate surface area is 126 Å². The maximum atomic E-state index is 12.1. The van der Waals surface area contributed by atoms with Gasteiger partial charge in [-0.15, -0.1) is 0 Å². The van der Waals surface area contributed by atoms with Crippen LogP contribution in [0.3, 0.4) is 0 Å². The number of halogens is 1. The molecule has 0 aromatic heterocycles. The van der Waals surface area contributed by atoms with E-state index in [-0.39, 0.29) is 17.0 Å². The summed E-state index contributed by atoms with van der Waals surface area (Å²) in [7, 11) is -2.30. The molecule has 112 valence electrons. The lowest BCUT2D eigenvalue weighted by atomic mass is 10.1. The predicted octanol–water partition coefficient (Wildman–Crippen LogP) is 1.25. The van der Waals surface area contributed by atoms with Gasteiger partial charge in [-0.2, -0.15) is 0 Å². The lowest BCUT2D eigenvalue weighted by Crippen LogP contribution is -2.39. The number of primary sulfonamides is 1. The summed E-state index contributed by atoms with van der Waals surface area (Å²) in [6.07, 6.45) is 0. The molecule has 0 fully saturated rings. The lowest BCUT2D eigenvalue weighted by molar-refractivity contribution is 0.0228. The Kier molecular flexibility index (Phi) is 5.31. The quantitative estimate of drug-likeness (QED) is 0.821. The van der Waals surface area contributed by atoms with E-state index in [1.165, 1.54) is 18.2 Å². The van der Waals surface area contributed by atoms with Crippen molar-refractivity contribution in [3.05, 3.63) is 28.2 Å². The number of benzene rings is 1. The number of nitrogens with one attached hydrogen (secondary N) is 1. The molecule has 0 saturated heterocycles. The van der Waals surface area contributed by atoms with Gasteiger partial charge < -0.3 is 10.1 Å². The maximum absolute atomic E-state index is 12.1. The molecule has 0 spiro atoms. The molecule has 1 rings (SSSR count). The normalized spacial score (nSPS) is 12.2. The Morgan fingerprint density at radius 1 is 1.45 bits per heavy atom. The number of methoxy groups -OCH3 is 1. The highest BCUT2D eigenvalue weighted by molar-refractivity contribution is 9.10. The first-order valence-electron chi connectivity index (χ1n) is 5.72. The van der Waals surface area contributed by atoms with Crippen LogP contribution in [0, 0.1) is 0 Å². The van der Waals surface area contributed by atoms with Gasteiger partial charge in [0.15, 0.2) is 0 Å². The highest BCUT2D eigenvalue weighted by Gasteiger charge is 2.20. The third-order valence-electron chi connectivity index (χ3n) is 2.74. The number of nitrogens with two attached hydrogens (primary N) is 1. The van der Waals surface area contributed by atoms with Crippen molar-refractivity contribution in [2.75, 3.05) is 13.7 Å². The molecule has 0 radical (unpaired) electrons. The minimum Gasteiger partial charge on any atom is -0.377 e. The van der Waals surface area contributed by atoms with E-state index in [1.54, 1.807) is 7.11 Å². The number of sulfonamides is 1. The van der Waals surface area contributed by atoms with Crippen LogP contribution >= 0.6 is 15.9 Å². The number of amides is 1. The van der Waals surface area contributed by atoms with Crippen LogP contribution in [-0.4, -0.2) is 33.6 Å². The Morgan fingerprint density at radius 2 is 2.05 bits per heavy atom. The van der Waals surface area contributed by atoms with Gasteiger partial charge in [-0.05, 0) is 48.0 Å². The molecule has 3 N–H and O–H groups in total. The van der Waals surface area contributed by atoms with E-state index in [1.807, 2.05) is 13.8 Å². The van der Waals surface area contributed by atoms with Crippen molar-refractivity contribution in [3.8, 4) is 0 Å². The third-order valence-corrected chi connectivity index (χ3v) is 4.34. The highest BCUT2D eigenvalue weighted by Crippen LogP contribution is 2.20. The largest absolute Gasteiger partial charge is 0.377 e. The molecule has 20 heavy (non-hydrogen) atoms. The van der Waals surface area contributed by atoms with Gasteiger partial charge >= 0.3 is 0 Å². The molecule has 0 unspecified atom stereocenters. The van der Waals surface area contributed by atoms with Crippen molar-refractivity contribution in [1.29, 1.82) is 0 Å². The van der Waals surface area contributed by atoms with E-state index < -0.39 is 21.5 Å². The fraction of sp³-hybridized carbons (Fsp3) is 0.417. The number of carbonyl (C=O) groups excluding carboxylic acids is 1. The van der Waals surface area contributed by atoms with Crippen molar-refractivity contribution < 1.29 is 17.9 Å². The van der Waals surface area contributed by atoms with Crippen LogP contribution < -0.4 is 10.5 Å². The smallest absolute Gasteiger partial charge is 0.252 e. The number of ether oxygens (including phenoxy) is 1. The van der Waals surface area contributed by atoms with Gasteiger partial charge in [0.25, 0.3) is 5.91 Å². The van der Waals surface area contributed by atoms with Crippen molar-refractivity contribution in [2.24, 2.45) is 5.14 Å². The second kappa shape index (κ2) is 6.21. The van der Waals surface area contributed by atoms with Crippen LogP contribution in [0.4, 0.5) is 0 Å². The molecule has 0 bridgehead atoms. The topological polar surface area (TPSA) is 98.5 Å². The summed E-state index contributed by atoms with van der Waals surface area (Å²) in [5.74, 6) is -0.410. The SMILES string of the molecule is COC(C)(C)CNC(=O)c1cc(S(N)(=O)=O)ccc1Br. The zero-order valence-corrected chi connectivity index (χ0v) is 13.8. The van der Waals surface area contributed by atoms with E-state index in [4.69, 9.17) is 9.88 Å². The second-order valence-corrected chi connectivity index (χ2v) is 7.25. The van der Waals surface area contributed by atoms with Crippen LogP contribution in [0.1, 0.15) is 24.2 Å². The summed E-state index contributed by atoms with van der Waals surface area (Å²) >= 11 is 3.21. The molecule has 1 aromatic rings. The molecule has 1 aromatic carbocycles. The standard InChI is InChI=1S/C12H17BrN2O4S/c1-12(2,19-3)7-15-11(16)9-6-8(20(14,17)18)4-5-10(9)13/h4-6H,7H2,1-3H3,(H,15,16)(H2,14,17,18). The zero-order chi connectivity index (χ0) is 15.6. The van der Waals surface area contributed by atoms with Gasteiger partial charge in [0.05, 0.1) is 16.1 Å². The highest BCUT2D eigenvalue weighted by atomic mass is 79.9. The van der Waals surface area contributed by atoms with Gasteiger partial charge in [0.2, 0.25) is 10.0 Å². The minimum absolute atomic E-state index is 0.114. The summed E-state index contributed by atoms with van der Waals surface area (Å²) in [6.45, 7) is 3.93. The van der Waals surface area contributed by atoms with Crippen molar-refractivity contribution in [2.45, 2.75) is 24.3 Å². The molecule has 0 atom stereocenters. The molecular weight excluding hydrogens is 348 g/mol. The molecular formula is C12H17BrN2O4S. The Hall–Kier alpha value is -0.960. The Morgan fingerprint density at radius 3 is 2.55 bits per heavy atom. The number of hydrogen-bond donors (Lipinski definition) is 2. The summed E-state index contributed by atoms with van der Waals surface area (Å²) in [4.78, 5) is 12.0. The van der Waals surface area contributed by atoms with Gasteiger partial charge in [-0.1, -0.05) is 0 Å². The van der Waals surface area contributed by atoms with Crippen molar-refractivity contribution in [3.63, 3.8) is 0 Å². The van der Waals surface area contributed by atoms with Crippen molar-refractivity contribution >= 4 is 31.9 Å². The molecule has 0 aliphatic carbocycles. The van der Waals surface area contributed by atoms with Crippen LogP contribution in [0.5, 0.6) is 0 Å². The van der Waals surface area contributed by atoms with Crippen molar-refractivity contribution in [1.82, 2.24) is 5.32 Å². The minimum atomic E-state index is -3.85. The van der Waals surface area contributed by atoms with Gasteiger partial charge in [0.1, 0.15) is 0 Å². The van der Waals surface area contributed by atoms with Gasteiger partial charge in [-0.25, -0.2) is 13.6 Å². The molecule has 0 heterocycles. The molecule has 0 aliphatic heterocycles.